The Kier molecular flexibility index (Phi) is 4.79. The Labute approximate surface area is 168 Å². The van der Waals surface area contributed by atoms with Crippen LogP contribution in [0.3, 0.4) is 0 Å². The van der Waals surface area contributed by atoms with E-state index < -0.39 is 10.0 Å². The summed E-state index contributed by atoms with van der Waals surface area (Å²) in [5.41, 5.74) is 2.83. The monoisotopic (exact) mass is 415 g/mol. The third kappa shape index (κ3) is 3.83. The second-order valence-electron chi connectivity index (χ2n) is 6.70. The van der Waals surface area contributed by atoms with Crippen molar-refractivity contribution < 1.29 is 17.9 Å². The second kappa shape index (κ2) is 7.28. The summed E-state index contributed by atoms with van der Waals surface area (Å²) in [5.74, 6) is 2.01. The fourth-order valence-corrected chi connectivity index (χ4v) is 4.12. The standard InChI is InChI=1S/C19H21N5O4S/c1-12-19(13(2)24(3)22-12)23-29(25,26)15-5-7-18(21-10-15)20-9-14-4-6-16-17(8-14)28-11-27-16/h4-8,10,23H,9,11H2,1-3H3,(H,20,21). The summed E-state index contributed by atoms with van der Waals surface area (Å²) in [7, 11) is -1.99. The van der Waals surface area contributed by atoms with Gasteiger partial charge in [-0.1, -0.05) is 6.07 Å². The van der Waals surface area contributed by atoms with E-state index in [0.717, 1.165) is 17.0 Å². The highest BCUT2D eigenvalue weighted by Gasteiger charge is 2.19. The van der Waals surface area contributed by atoms with Gasteiger partial charge in [-0.25, -0.2) is 13.4 Å². The SMILES string of the molecule is Cc1nn(C)c(C)c1NS(=O)(=O)c1ccc(NCc2ccc3c(c2)OCO3)nc1. The molecule has 0 aliphatic carbocycles. The molecule has 0 atom stereocenters. The van der Waals surface area contributed by atoms with Crippen LogP contribution in [-0.4, -0.2) is 30.0 Å². The molecule has 0 radical (unpaired) electrons. The topological polar surface area (TPSA) is 107 Å². The predicted molar refractivity (Wildman–Crippen MR) is 108 cm³/mol. The molecule has 3 aromatic rings. The van der Waals surface area contributed by atoms with Crippen molar-refractivity contribution in [2.45, 2.75) is 25.3 Å². The lowest BCUT2D eigenvalue weighted by atomic mass is 10.2. The number of hydrogen-bond acceptors (Lipinski definition) is 7. The Hall–Kier alpha value is -3.27. The summed E-state index contributed by atoms with van der Waals surface area (Å²) >= 11 is 0. The van der Waals surface area contributed by atoms with E-state index in [1.54, 1.807) is 31.6 Å². The number of nitrogens with zero attached hydrogens (tertiary/aromatic N) is 3. The first-order valence-electron chi connectivity index (χ1n) is 8.95. The number of benzene rings is 1. The molecule has 0 amide bonds. The number of sulfonamides is 1. The van der Waals surface area contributed by atoms with Gasteiger partial charge in [0, 0.05) is 19.8 Å². The van der Waals surface area contributed by atoms with Gasteiger partial charge in [0.25, 0.3) is 10.0 Å². The molecule has 4 rings (SSSR count). The minimum absolute atomic E-state index is 0.0776. The van der Waals surface area contributed by atoms with Crippen molar-refractivity contribution in [2.24, 2.45) is 7.05 Å². The Balaban J connectivity index is 1.44. The van der Waals surface area contributed by atoms with Crippen LogP contribution in [0.2, 0.25) is 0 Å². The molecule has 10 heteroatoms. The Morgan fingerprint density at radius 2 is 1.93 bits per heavy atom. The van der Waals surface area contributed by atoms with Crippen molar-refractivity contribution in [2.75, 3.05) is 16.8 Å². The van der Waals surface area contributed by atoms with E-state index >= 15 is 0 Å². The molecule has 0 saturated carbocycles. The summed E-state index contributed by atoms with van der Waals surface area (Å²) in [6.07, 6.45) is 1.32. The number of anilines is 2. The predicted octanol–water partition coefficient (Wildman–Crippen LogP) is 2.57. The molecule has 0 fully saturated rings. The maximum absolute atomic E-state index is 12.7. The minimum atomic E-state index is -3.76. The summed E-state index contributed by atoms with van der Waals surface area (Å²) in [4.78, 5) is 4.29. The van der Waals surface area contributed by atoms with Gasteiger partial charge in [0.05, 0.1) is 17.1 Å². The normalized spacial score (nSPS) is 12.8. The van der Waals surface area contributed by atoms with Gasteiger partial charge in [-0.3, -0.25) is 9.40 Å². The number of hydrogen-bond donors (Lipinski definition) is 2. The van der Waals surface area contributed by atoms with Crippen LogP contribution in [0.25, 0.3) is 0 Å². The van der Waals surface area contributed by atoms with Gasteiger partial charge in [0.1, 0.15) is 10.7 Å². The first-order valence-corrected chi connectivity index (χ1v) is 10.4. The smallest absolute Gasteiger partial charge is 0.263 e. The average Bonchev–Trinajstić information content (AvgIpc) is 3.26. The van der Waals surface area contributed by atoms with Gasteiger partial charge >= 0.3 is 0 Å². The van der Waals surface area contributed by atoms with Crippen molar-refractivity contribution in [1.29, 1.82) is 0 Å². The second-order valence-corrected chi connectivity index (χ2v) is 8.38. The maximum Gasteiger partial charge on any atom is 0.263 e. The average molecular weight is 415 g/mol. The molecular formula is C19H21N5O4S. The first-order chi connectivity index (χ1) is 13.8. The van der Waals surface area contributed by atoms with Crippen LogP contribution in [0.5, 0.6) is 11.5 Å². The lowest BCUT2D eigenvalue weighted by molar-refractivity contribution is 0.174. The van der Waals surface area contributed by atoms with Gasteiger partial charge < -0.3 is 14.8 Å². The van der Waals surface area contributed by atoms with Crippen LogP contribution < -0.4 is 19.5 Å². The number of ether oxygens (including phenoxy) is 2. The van der Waals surface area contributed by atoms with Crippen LogP contribution in [-0.2, 0) is 23.6 Å². The zero-order chi connectivity index (χ0) is 20.6. The molecule has 2 N–H and O–H groups in total. The third-order valence-electron chi connectivity index (χ3n) is 4.70. The molecule has 0 spiro atoms. The summed E-state index contributed by atoms with van der Waals surface area (Å²) in [6, 6.07) is 8.83. The fraction of sp³-hybridized carbons (Fsp3) is 0.263. The summed E-state index contributed by atoms with van der Waals surface area (Å²) in [5, 5.41) is 7.39. The molecule has 1 aromatic carbocycles. The van der Waals surface area contributed by atoms with Gasteiger partial charge in [0.2, 0.25) is 6.79 Å². The molecular weight excluding hydrogens is 394 g/mol. The van der Waals surface area contributed by atoms with Crippen molar-refractivity contribution in [3.63, 3.8) is 0 Å². The molecule has 1 aliphatic heterocycles. The zero-order valence-corrected chi connectivity index (χ0v) is 17.1. The van der Waals surface area contributed by atoms with E-state index in [2.05, 4.69) is 20.1 Å². The van der Waals surface area contributed by atoms with E-state index in [1.807, 2.05) is 18.2 Å². The largest absolute Gasteiger partial charge is 0.454 e. The fourth-order valence-electron chi connectivity index (χ4n) is 3.00. The first kappa shape index (κ1) is 19.1. The van der Waals surface area contributed by atoms with Gasteiger partial charge in [0.15, 0.2) is 11.5 Å². The number of pyridine rings is 1. The molecule has 0 bridgehead atoms. The molecule has 0 unspecified atom stereocenters. The van der Waals surface area contributed by atoms with E-state index in [4.69, 9.17) is 9.47 Å². The Bertz CT molecular complexity index is 1160. The highest BCUT2D eigenvalue weighted by molar-refractivity contribution is 7.92. The molecule has 2 aromatic heterocycles. The summed E-state index contributed by atoms with van der Waals surface area (Å²) < 4.78 is 40.3. The number of aromatic nitrogens is 3. The van der Waals surface area contributed by atoms with Crippen LogP contribution in [0.1, 0.15) is 17.0 Å². The number of fused-ring (bicyclic) bond motifs is 1. The lowest BCUT2D eigenvalue weighted by Gasteiger charge is -2.10. The van der Waals surface area contributed by atoms with E-state index in [1.165, 1.54) is 12.3 Å². The number of nitrogens with one attached hydrogen (secondary N) is 2. The van der Waals surface area contributed by atoms with E-state index in [9.17, 15) is 8.42 Å². The molecule has 9 nitrogen and oxygen atoms in total. The van der Waals surface area contributed by atoms with Gasteiger partial charge in [-0.2, -0.15) is 5.10 Å². The Morgan fingerprint density at radius 1 is 1.14 bits per heavy atom. The van der Waals surface area contributed by atoms with E-state index in [-0.39, 0.29) is 11.7 Å². The number of aryl methyl sites for hydroxylation is 2. The van der Waals surface area contributed by atoms with Gasteiger partial charge in [-0.05, 0) is 43.7 Å². The zero-order valence-electron chi connectivity index (χ0n) is 16.3. The van der Waals surface area contributed by atoms with Crippen molar-refractivity contribution >= 4 is 21.5 Å². The molecule has 3 heterocycles. The molecule has 152 valence electrons. The lowest BCUT2D eigenvalue weighted by Crippen LogP contribution is -2.14. The number of rotatable bonds is 6. The molecule has 0 saturated heterocycles. The van der Waals surface area contributed by atoms with Crippen LogP contribution in [0, 0.1) is 13.8 Å². The van der Waals surface area contributed by atoms with Crippen molar-refractivity contribution in [3.05, 3.63) is 53.5 Å². The molecule has 29 heavy (non-hydrogen) atoms. The highest BCUT2D eigenvalue weighted by Crippen LogP contribution is 2.32. The highest BCUT2D eigenvalue weighted by atomic mass is 32.2. The van der Waals surface area contributed by atoms with E-state index in [0.29, 0.717) is 29.5 Å². The third-order valence-corrected chi connectivity index (χ3v) is 6.04. The van der Waals surface area contributed by atoms with Crippen LogP contribution in [0.15, 0.2) is 41.4 Å². The van der Waals surface area contributed by atoms with Crippen LogP contribution in [0.4, 0.5) is 11.5 Å². The quantitative estimate of drug-likeness (QED) is 0.637. The Morgan fingerprint density at radius 3 is 2.62 bits per heavy atom. The summed E-state index contributed by atoms with van der Waals surface area (Å²) in [6.45, 7) is 4.31. The van der Waals surface area contributed by atoms with Crippen LogP contribution >= 0.6 is 0 Å². The minimum Gasteiger partial charge on any atom is -0.454 e. The maximum atomic E-state index is 12.7. The van der Waals surface area contributed by atoms with Crippen molar-refractivity contribution in [1.82, 2.24) is 14.8 Å². The van der Waals surface area contributed by atoms with Crippen molar-refractivity contribution in [3.8, 4) is 11.5 Å². The molecule has 1 aliphatic rings. The van der Waals surface area contributed by atoms with Gasteiger partial charge in [-0.15, -0.1) is 0 Å².